The third kappa shape index (κ3) is 4.10. The van der Waals surface area contributed by atoms with Crippen molar-refractivity contribution in [3.05, 3.63) is 12.2 Å². The molecule has 0 aromatic rings. The zero-order valence-electron chi connectivity index (χ0n) is 27.3. The van der Waals surface area contributed by atoms with E-state index in [1.807, 2.05) is 0 Å². The van der Waals surface area contributed by atoms with E-state index in [-0.39, 0.29) is 16.9 Å². The van der Waals surface area contributed by atoms with Crippen LogP contribution >= 0.6 is 0 Å². The number of ether oxygens (including phenoxy) is 2. The SMILES string of the molecule is C=C(C)[C@@H]1CC[C@]2(C)CC[C@]3(C)[C@H](CC[C@@H]4[C@@]5(C)CCC(O[C@@H]6[C@@H](O)[C@H](C)O[C@@H](O)[C@@H]6O)C(C)(C)[C@@H]5CC[C@]43C)[C@@H]12. The molecule has 0 amide bonds. The van der Waals surface area contributed by atoms with Crippen LogP contribution in [-0.4, -0.2) is 52.1 Å². The minimum atomic E-state index is -1.33. The molecular weight excluding hydrogens is 512 g/mol. The van der Waals surface area contributed by atoms with Gasteiger partial charge in [0.15, 0.2) is 6.29 Å². The number of allylic oxidation sites excluding steroid dienone is 1. The van der Waals surface area contributed by atoms with Crippen LogP contribution in [0.25, 0.3) is 0 Å². The van der Waals surface area contributed by atoms with E-state index in [2.05, 4.69) is 55.0 Å². The van der Waals surface area contributed by atoms with Crippen molar-refractivity contribution in [2.45, 2.75) is 156 Å². The lowest BCUT2D eigenvalue weighted by atomic mass is 9.32. The van der Waals surface area contributed by atoms with Gasteiger partial charge < -0.3 is 24.8 Å². The summed E-state index contributed by atoms with van der Waals surface area (Å²) in [5.41, 5.74) is 2.76. The van der Waals surface area contributed by atoms with Gasteiger partial charge >= 0.3 is 0 Å². The summed E-state index contributed by atoms with van der Waals surface area (Å²) in [6.45, 7) is 23.9. The van der Waals surface area contributed by atoms with Crippen molar-refractivity contribution in [2.75, 3.05) is 0 Å². The van der Waals surface area contributed by atoms with E-state index >= 15 is 0 Å². The van der Waals surface area contributed by atoms with Crippen LogP contribution in [0, 0.1) is 56.7 Å². The van der Waals surface area contributed by atoms with E-state index in [0.29, 0.717) is 34.0 Å². The van der Waals surface area contributed by atoms with Crippen molar-refractivity contribution >= 4 is 0 Å². The molecule has 5 saturated carbocycles. The normalized spacial score (nSPS) is 58.1. The number of fused-ring (bicyclic) bond motifs is 7. The molecule has 5 heteroatoms. The van der Waals surface area contributed by atoms with Crippen molar-refractivity contribution in [3.8, 4) is 0 Å². The second kappa shape index (κ2) is 9.77. The van der Waals surface area contributed by atoms with Crippen molar-refractivity contribution in [1.82, 2.24) is 0 Å². The summed E-state index contributed by atoms with van der Waals surface area (Å²) in [6.07, 6.45) is 7.66. The Balaban J connectivity index is 1.27. The van der Waals surface area contributed by atoms with Crippen LogP contribution in [0.3, 0.4) is 0 Å². The van der Waals surface area contributed by atoms with Gasteiger partial charge in [-0.15, -0.1) is 0 Å². The predicted octanol–water partition coefficient (Wildman–Crippen LogP) is 6.88. The monoisotopic (exact) mass is 572 g/mol. The molecule has 41 heavy (non-hydrogen) atoms. The summed E-state index contributed by atoms with van der Waals surface area (Å²) in [7, 11) is 0. The maximum atomic E-state index is 10.8. The molecule has 3 N–H and O–H groups in total. The van der Waals surface area contributed by atoms with E-state index in [1.165, 1.54) is 56.9 Å². The Morgan fingerprint density at radius 1 is 0.780 bits per heavy atom. The predicted molar refractivity (Wildman–Crippen MR) is 162 cm³/mol. The second-order valence-corrected chi connectivity index (χ2v) is 17.5. The fourth-order valence-electron chi connectivity index (χ4n) is 13.1. The molecule has 0 spiro atoms. The standard InChI is InChI=1S/C36H60O5/c1-20(2)22-12-15-33(6)18-19-35(8)23(27(22)33)10-11-25-34(7)16-14-26(32(4,5)24(34)13-17-36(25,35)9)41-30-28(37)21(3)40-31(39)29(30)38/h21-31,37-39H,1,10-19H2,2-9H3/t21-,22-,23+,24-,25+,26?,27+,28-,29+,30+,31+,33+,34-,35+,36+/m0/s1. The molecule has 1 unspecified atom stereocenters. The molecule has 0 aromatic heterocycles. The number of aliphatic hydroxyl groups is 3. The quantitative estimate of drug-likeness (QED) is 0.322. The van der Waals surface area contributed by atoms with Crippen LogP contribution in [0.5, 0.6) is 0 Å². The van der Waals surface area contributed by atoms with Gasteiger partial charge in [-0.3, -0.25) is 0 Å². The van der Waals surface area contributed by atoms with E-state index in [1.54, 1.807) is 6.92 Å². The molecule has 0 bridgehead atoms. The second-order valence-electron chi connectivity index (χ2n) is 17.5. The minimum Gasteiger partial charge on any atom is -0.388 e. The zero-order valence-corrected chi connectivity index (χ0v) is 27.3. The highest BCUT2D eigenvalue weighted by Crippen LogP contribution is 2.77. The average molecular weight is 573 g/mol. The molecule has 1 heterocycles. The van der Waals surface area contributed by atoms with Crippen LogP contribution in [0.15, 0.2) is 12.2 Å². The summed E-state index contributed by atoms with van der Waals surface area (Å²) in [5, 5.41) is 31.8. The van der Waals surface area contributed by atoms with Gasteiger partial charge in [-0.2, -0.15) is 0 Å². The Morgan fingerprint density at radius 3 is 2.17 bits per heavy atom. The fourth-order valence-corrected chi connectivity index (χ4v) is 13.1. The lowest BCUT2D eigenvalue weighted by molar-refractivity contribution is -0.309. The molecule has 1 saturated heterocycles. The summed E-state index contributed by atoms with van der Waals surface area (Å²) in [4.78, 5) is 0. The molecule has 0 aromatic carbocycles. The lowest BCUT2D eigenvalue weighted by Crippen LogP contribution is -2.67. The molecule has 234 valence electrons. The first-order valence-corrected chi connectivity index (χ1v) is 17.0. The summed E-state index contributed by atoms with van der Waals surface area (Å²) in [5.74, 6) is 3.50. The molecule has 6 aliphatic rings. The van der Waals surface area contributed by atoms with Crippen LogP contribution < -0.4 is 0 Å². The highest BCUT2D eigenvalue weighted by atomic mass is 16.6. The smallest absolute Gasteiger partial charge is 0.183 e. The van der Waals surface area contributed by atoms with Gasteiger partial charge in [0.25, 0.3) is 0 Å². The molecule has 15 atom stereocenters. The third-order valence-corrected chi connectivity index (χ3v) is 15.5. The van der Waals surface area contributed by atoms with E-state index in [0.717, 1.165) is 24.7 Å². The zero-order chi connectivity index (χ0) is 29.9. The Labute approximate surface area is 249 Å². The van der Waals surface area contributed by atoms with Crippen LogP contribution in [-0.2, 0) is 9.47 Å². The van der Waals surface area contributed by atoms with Gasteiger partial charge in [0, 0.05) is 0 Å². The first kappa shape index (κ1) is 30.6. The van der Waals surface area contributed by atoms with Crippen LogP contribution in [0.2, 0.25) is 0 Å². The van der Waals surface area contributed by atoms with Gasteiger partial charge in [-0.05, 0) is 135 Å². The van der Waals surface area contributed by atoms with Gasteiger partial charge in [-0.1, -0.05) is 53.7 Å². The maximum absolute atomic E-state index is 10.8. The fraction of sp³-hybridized carbons (Fsp3) is 0.944. The topological polar surface area (TPSA) is 79.2 Å². The number of aliphatic hydroxyl groups excluding tert-OH is 3. The number of hydrogen-bond acceptors (Lipinski definition) is 5. The first-order chi connectivity index (χ1) is 19.0. The maximum Gasteiger partial charge on any atom is 0.183 e. The van der Waals surface area contributed by atoms with Crippen molar-refractivity contribution in [2.24, 2.45) is 56.7 Å². The highest BCUT2D eigenvalue weighted by molar-refractivity contribution is 5.21. The Morgan fingerprint density at radius 2 is 1.49 bits per heavy atom. The van der Waals surface area contributed by atoms with Crippen molar-refractivity contribution in [1.29, 1.82) is 0 Å². The van der Waals surface area contributed by atoms with E-state index < -0.39 is 30.7 Å². The number of hydrogen-bond donors (Lipinski definition) is 3. The minimum absolute atomic E-state index is 0.0751. The van der Waals surface area contributed by atoms with Gasteiger partial charge in [-0.25, -0.2) is 0 Å². The molecule has 5 aliphatic carbocycles. The molecule has 6 fully saturated rings. The number of rotatable bonds is 3. The Hall–Kier alpha value is -0.460. The molecule has 0 radical (unpaired) electrons. The molecular formula is C36H60O5. The molecule has 6 rings (SSSR count). The Kier molecular flexibility index (Phi) is 7.28. The Bertz CT molecular complexity index is 1030. The van der Waals surface area contributed by atoms with Crippen LogP contribution in [0.4, 0.5) is 0 Å². The first-order valence-electron chi connectivity index (χ1n) is 17.0. The van der Waals surface area contributed by atoms with E-state index in [9.17, 15) is 15.3 Å². The highest BCUT2D eigenvalue weighted by Gasteiger charge is 2.70. The van der Waals surface area contributed by atoms with Crippen LogP contribution in [0.1, 0.15) is 120 Å². The summed E-state index contributed by atoms with van der Waals surface area (Å²) in [6, 6.07) is 0. The van der Waals surface area contributed by atoms with Crippen molar-refractivity contribution < 1.29 is 24.8 Å². The summed E-state index contributed by atoms with van der Waals surface area (Å²) < 4.78 is 11.9. The van der Waals surface area contributed by atoms with Crippen molar-refractivity contribution in [3.63, 3.8) is 0 Å². The van der Waals surface area contributed by atoms with Gasteiger partial charge in [0.1, 0.15) is 18.3 Å². The lowest BCUT2D eigenvalue weighted by Gasteiger charge is -2.73. The van der Waals surface area contributed by atoms with E-state index in [4.69, 9.17) is 9.47 Å². The largest absolute Gasteiger partial charge is 0.388 e. The molecule has 5 nitrogen and oxygen atoms in total. The average Bonchev–Trinajstić information content (AvgIpc) is 3.25. The van der Waals surface area contributed by atoms with Gasteiger partial charge in [0.05, 0.1) is 12.2 Å². The third-order valence-electron chi connectivity index (χ3n) is 15.5. The molecule has 1 aliphatic heterocycles. The van der Waals surface area contributed by atoms with Gasteiger partial charge in [0.2, 0.25) is 0 Å². The summed E-state index contributed by atoms with van der Waals surface area (Å²) >= 11 is 0.